The molecule has 5 rings (SSSR count). The highest BCUT2D eigenvalue weighted by Gasteiger charge is 2.20. The van der Waals surface area contributed by atoms with Gasteiger partial charge in [0.05, 0.1) is 5.69 Å². The van der Waals surface area contributed by atoms with Gasteiger partial charge in [-0.1, -0.05) is 11.6 Å². The van der Waals surface area contributed by atoms with E-state index in [9.17, 15) is 4.79 Å². The number of rotatable bonds is 4. The number of carbonyl (C=O) groups excluding carboxylic acids is 1. The van der Waals surface area contributed by atoms with Crippen molar-refractivity contribution in [2.45, 2.75) is 25.7 Å². The first-order valence-corrected chi connectivity index (χ1v) is 11.3. The number of nitrogens with zero attached hydrogens (tertiary/aromatic N) is 1. The van der Waals surface area contributed by atoms with Crippen LogP contribution in [0.2, 0.25) is 5.02 Å². The van der Waals surface area contributed by atoms with E-state index in [1.807, 2.05) is 0 Å². The Kier molecular flexibility index (Phi) is 5.26. The fraction of sp³-hybridized carbons (Fsp3) is 0.167. The largest absolute Gasteiger partial charge is 0.457 e. The van der Waals surface area contributed by atoms with Gasteiger partial charge in [-0.15, -0.1) is 11.3 Å². The first-order valence-electron chi connectivity index (χ1n) is 10.1. The van der Waals surface area contributed by atoms with Crippen LogP contribution in [0.1, 0.15) is 33.8 Å². The second-order valence-electron chi connectivity index (χ2n) is 7.53. The smallest absolute Gasteiger partial charge is 0.267 e. The number of fused-ring (bicyclic) bond motifs is 2. The van der Waals surface area contributed by atoms with Crippen LogP contribution in [0.4, 0.5) is 11.4 Å². The number of amides is 1. The number of hydrogen-bond donors (Lipinski definition) is 2. The minimum atomic E-state index is -0.232. The molecule has 0 saturated heterocycles. The molecule has 4 aromatic rings. The van der Waals surface area contributed by atoms with Crippen molar-refractivity contribution in [3.63, 3.8) is 0 Å². The maximum absolute atomic E-state index is 12.9. The zero-order valence-electron chi connectivity index (χ0n) is 16.7. The molecule has 2 aromatic carbocycles. The average molecular weight is 450 g/mol. The van der Waals surface area contributed by atoms with E-state index in [0.29, 0.717) is 32.8 Å². The summed E-state index contributed by atoms with van der Waals surface area (Å²) in [6, 6.07) is 16.4. The highest BCUT2D eigenvalue weighted by Crippen LogP contribution is 2.36. The molecule has 2 heterocycles. The number of aryl methyl sites for hydroxylation is 2. The fourth-order valence-corrected chi connectivity index (χ4v) is 4.88. The molecule has 0 aliphatic heterocycles. The van der Waals surface area contributed by atoms with E-state index in [1.54, 1.807) is 48.5 Å². The molecule has 0 bridgehead atoms. The molecule has 0 saturated carbocycles. The van der Waals surface area contributed by atoms with Crippen LogP contribution in [0.25, 0.3) is 10.2 Å². The van der Waals surface area contributed by atoms with E-state index < -0.39 is 0 Å². The first-order chi connectivity index (χ1) is 15.1. The molecule has 1 aliphatic rings. The number of nitrogen functional groups attached to an aromatic ring is 1. The maximum Gasteiger partial charge on any atom is 0.267 e. The van der Waals surface area contributed by atoms with Gasteiger partial charge in [-0.25, -0.2) is 4.98 Å². The summed E-state index contributed by atoms with van der Waals surface area (Å²) in [7, 11) is 0. The van der Waals surface area contributed by atoms with Gasteiger partial charge in [-0.05, 0) is 85.8 Å². The number of halogens is 1. The number of aromatic nitrogens is 1. The van der Waals surface area contributed by atoms with Gasteiger partial charge in [0.2, 0.25) is 0 Å². The Hall–Kier alpha value is -3.09. The van der Waals surface area contributed by atoms with Crippen LogP contribution >= 0.6 is 22.9 Å². The monoisotopic (exact) mass is 449 g/mol. The summed E-state index contributed by atoms with van der Waals surface area (Å²) >= 11 is 7.24. The van der Waals surface area contributed by atoms with Crippen molar-refractivity contribution >= 4 is 50.4 Å². The van der Waals surface area contributed by atoms with Gasteiger partial charge in [0.1, 0.15) is 21.2 Å². The van der Waals surface area contributed by atoms with Crippen molar-refractivity contribution in [3.8, 4) is 11.5 Å². The van der Waals surface area contributed by atoms with Crippen molar-refractivity contribution in [1.82, 2.24) is 4.98 Å². The molecule has 5 nitrogen and oxygen atoms in total. The standard InChI is InChI=1S/C24H20ClN3O2S/c25-15-5-9-17(10-6-15)30-18-11-7-16(8-12-18)27-23(29)22-21(26)19-13-14-3-1-2-4-20(14)28-24(19)31-22/h5-13H,1-4,26H2,(H,27,29). The lowest BCUT2D eigenvalue weighted by molar-refractivity contribution is 0.103. The predicted molar refractivity (Wildman–Crippen MR) is 127 cm³/mol. The van der Waals surface area contributed by atoms with E-state index in [-0.39, 0.29) is 5.91 Å². The van der Waals surface area contributed by atoms with Crippen LogP contribution < -0.4 is 15.8 Å². The number of pyridine rings is 1. The summed E-state index contributed by atoms with van der Waals surface area (Å²) in [5.41, 5.74) is 9.89. The van der Waals surface area contributed by atoms with Gasteiger partial charge >= 0.3 is 0 Å². The maximum atomic E-state index is 12.9. The Labute approximate surface area is 188 Å². The molecule has 31 heavy (non-hydrogen) atoms. The van der Waals surface area contributed by atoms with E-state index in [4.69, 9.17) is 27.1 Å². The molecule has 0 radical (unpaired) electrons. The number of thiophene rings is 1. The Morgan fingerprint density at radius 1 is 1.03 bits per heavy atom. The van der Waals surface area contributed by atoms with Crippen molar-refractivity contribution < 1.29 is 9.53 Å². The fourth-order valence-electron chi connectivity index (χ4n) is 3.76. The second kappa shape index (κ2) is 8.21. The summed E-state index contributed by atoms with van der Waals surface area (Å²) in [4.78, 5) is 19.0. The molecule has 0 unspecified atom stereocenters. The molecule has 2 aromatic heterocycles. The van der Waals surface area contributed by atoms with Gasteiger partial charge in [0.25, 0.3) is 5.91 Å². The van der Waals surface area contributed by atoms with Crippen LogP contribution in [-0.2, 0) is 12.8 Å². The highest BCUT2D eigenvalue weighted by atomic mass is 35.5. The minimum Gasteiger partial charge on any atom is -0.457 e. The second-order valence-corrected chi connectivity index (χ2v) is 8.97. The topological polar surface area (TPSA) is 77.2 Å². The molecule has 0 spiro atoms. The van der Waals surface area contributed by atoms with Gasteiger partial charge in [0.15, 0.2) is 0 Å². The van der Waals surface area contributed by atoms with E-state index in [0.717, 1.165) is 35.2 Å². The molecule has 156 valence electrons. The molecule has 3 N–H and O–H groups in total. The SMILES string of the molecule is Nc1c(C(=O)Nc2ccc(Oc3ccc(Cl)cc3)cc2)sc2nc3c(cc12)CCCC3. The van der Waals surface area contributed by atoms with Crippen LogP contribution in [0.3, 0.4) is 0 Å². The van der Waals surface area contributed by atoms with Gasteiger partial charge in [-0.3, -0.25) is 4.79 Å². The zero-order chi connectivity index (χ0) is 21.4. The van der Waals surface area contributed by atoms with Crippen LogP contribution in [0.15, 0.2) is 54.6 Å². The highest BCUT2D eigenvalue weighted by molar-refractivity contribution is 7.21. The van der Waals surface area contributed by atoms with Crippen LogP contribution in [0, 0.1) is 0 Å². The molecule has 0 fully saturated rings. The Bertz CT molecular complexity index is 1270. The Morgan fingerprint density at radius 2 is 1.71 bits per heavy atom. The van der Waals surface area contributed by atoms with E-state index in [1.165, 1.54) is 23.3 Å². The number of benzene rings is 2. The first kappa shape index (κ1) is 19.8. The summed E-state index contributed by atoms with van der Waals surface area (Å²) in [5.74, 6) is 1.12. The minimum absolute atomic E-state index is 0.232. The number of ether oxygens (including phenoxy) is 1. The molecule has 1 amide bonds. The quantitative estimate of drug-likeness (QED) is 0.375. The average Bonchev–Trinajstić information content (AvgIpc) is 3.11. The van der Waals surface area contributed by atoms with Crippen molar-refractivity contribution in [3.05, 3.63) is 75.8 Å². The zero-order valence-corrected chi connectivity index (χ0v) is 18.2. The number of hydrogen-bond acceptors (Lipinski definition) is 5. The van der Waals surface area contributed by atoms with Crippen molar-refractivity contribution in [1.29, 1.82) is 0 Å². The third-order valence-corrected chi connectivity index (χ3v) is 6.73. The lowest BCUT2D eigenvalue weighted by atomic mass is 9.95. The van der Waals surface area contributed by atoms with Gasteiger partial charge in [0, 0.05) is 21.8 Å². The molecular weight excluding hydrogens is 430 g/mol. The summed E-state index contributed by atoms with van der Waals surface area (Å²) in [6.45, 7) is 0. The number of nitrogens with two attached hydrogens (primary N) is 1. The summed E-state index contributed by atoms with van der Waals surface area (Å²) < 4.78 is 5.79. The van der Waals surface area contributed by atoms with Gasteiger partial charge < -0.3 is 15.8 Å². The molecule has 7 heteroatoms. The lowest BCUT2D eigenvalue weighted by Crippen LogP contribution is -2.11. The van der Waals surface area contributed by atoms with Crippen LogP contribution in [0.5, 0.6) is 11.5 Å². The normalized spacial score (nSPS) is 13.1. The number of anilines is 2. The predicted octanol–water partition coefficient (Wildman–Crippen LogP) is 6.46. The molecular formula is C24H20ClN3O2S. The van der Waals surface area contributed by atoms with E-state index in [2.05, 4.69) is 11.4 Å². The van der Waals surface area contributed by atoms with Crippen molar-refractivity contribution in [2.75, 3.05) is 11.1 Å². The Morgan fingerprint density at radius 3 is 2.45 bits per heavy atom. The summed E-state index contributed by atoms with van der Waals surface area (Å²) in [5, 5.41) is 4.45. The Balaban J connectivity index is 1.33. The molecule has 1 aliphatic carbocycles. The van der Waals surface area contributed by atoms with Gasteiger partial charge in [-0.2, -0.15) is 0 Å². The van der Waals surface area contributed by atoms with Crippen molar-refractivity contribution in [2.24, 2.45) is 0 Å². The summed E-state index contributed by atoms with van der Waals surface area (Å²) in [6.07, 6.45) is 4.36. The number of nitrogens with one attached hydrogen (secondary N) is 1. The van der Waals surface area contributed by atoms with E-state index >= 15 is 0 Å². The third kappa shape index (κ3) is 4.09. The number of carbonyl (C=O) groups is 1. The van der Waals surface area contributed by atoms with Crippen LogP contribution in [-0.4, -0.2) is 10.9 Å². The molecule has 0 atom stereocenters. The third-order valence-electron chi connectivity index (χ3n) is 5.37. The lowest BCUT2D eigenvalue weighted by Gasteiger charge is -2.14.